The van der Waals surface area contributed by atoms with Crippen LogP contribution in [-0.4, -0.2) is 29.7 Å². The molecule has 0 radical (unpaired) electrons. The molecule has 5 nitrogen and oxygen atoms in total. The maximum atomic E-state index is 11.3. The predicted molar refractivity (Wildman–Crippen MR) is 50.8 cm³/mol. The number of rotatable bonds is 1. The van der Waals surface area contributed by atoms with Gasteiger partial charge in [-0.15, -0.1) is 0 Å². The standard InChI is InChI=1S/C9H16N2O3/c1-8(2,3)14-7(13)11-9(4)5-10-6(9)12/h5H2,1-4H3,(H,10,12)(H,11,13). The third kappa shape index (κ3) is 2.37. The Labute approximate surface area is 83.2 Å². The Kier molecular flexibility index (Phi) is 2.43. The third-order valence-electron chi connectivity index (χ3n) is 1.88. The molecular weight excluding hydrogens is 184 g/mol. The van der Waals surface area contributed by atoms with E-state index >= 15 is 0 Å². The van der Waals surface area contributed by atoms with Crippen LogP contribution in [0.15, 0.2) is 0 Å². The fourth-order valence-corrected chi connectivity index (χ4v) is 1.06. The number of hydrogen-bond donors (Lipinski definition) is 2. The van der Waals surface area contributed by atoms with Gasteiger partial charge in [0, 0.05) is 6.54 Å². The Balaban J connectivity index is 2.45. The molecule has 1 saturated heterocycles. The summed E-state index contributed by atoms with van der Waals surface area (Å²) in [5.41, 5.74) is -1.34. The SMILES string of the molecule is CC(C)(C)OC(=O)NC1(C)CNC1=O. The molecule has 14 heavy (non-hydrogen) atoms. The van der Waals surface area contributed by atoms with Gasteiger partial charge in [0.05, 0.1) is 0 Å². The van der Waals surface area contributed by atoms with E-state index in [1.54, 1.807) is 27.7 Å². The number of hydrogen-bond acceptors (Lipinski definition) is 3. The van der Waals surface area contributed by atoms with Gasteiger partial charge in [-0.3, -0.25) is 4.79 Å². The number of alkyl carbamates (subject to hydrolysis) is 1. The second kappa shape index (κ2) is 3.15. The first-order chi connectivity index (χ1) is 6.23. The predicted octanol–water partition coefficient (Wildman–Crippen LogP) is 0.400. The molecule has 0 aromatic rings. The Bertz CT molecular complexity index is 270. The number of carbonyl (C=O) groups excluding carboxylic acids is 2. The van der Waals surface area contributed by atoms with Crippen molar-refractivity contribution in [3.63, 3.8) is 0 Å². The highest BCUT2D eigenvalue weighted by molar-refractivity contribution is 5.95. The van der Waals surface area contributed by atoms with Crippen LogP contribution in [-0.2, 0) is 9.53 Å². The van der Waals surface area contributed by atoms with Crippen molar-refractivity contribution >= 4 is 12.0 Å². The minimum absolute atomic E-state index is 0.177. The summed E-state index contributed by atoms with van der Waals surface area (Å²) in [5.74, 6) is -0.177. The Hall–Kier alpha value is -1.26. The largest absolute Gasteiger partial charge is 0.444 e. The van der Waals surface area contributed by atoms with Crippen molar-refractivity contribution < 1.29 is 14.3 Å². The number of nitrogens with one attached hydrogen (secondary N) is 2. The van der Waals surface area contributed by atoms with Crippen LogP contribution in [0, 0.1) is 0 Å². The van der Waals surface area contributed by atoms with E-state index in [2.05, 4.69) is 10.6 Å². The number of amides is 2. The van der Waals surface area contributed by atoms with E-state index in [1.807, 2.05) is 0 Å². The van der Waals surface area contributed by atoms with Crippen molar-refractivity contribution in [2.45, 2.75) is 38.8 Å². The van der Waals surface area contributed by atoms with Crippen LogP contribution in [0.1, 0.15) is 27.7 Å². The Morgan fingerprint density at radius 1 is 1.57 bits per heavy atom. The van der Waals surface area contributed by atoms with Crippen LogP contribution in [0.3, 0.4) is 0 Å². The lowest BCUT2D eigenvalue weighted by molar-refractivity contribution is -0.134. The summed E-state index contributed by atoms with van der Waals surface area (Å²) in [6, 6.07) is 0. The number of carbonyl (C=O) groups is 2. The zero-order valence-electron chi connectivity index (χ0n) is 8.93. The van der Waals surface area contributed by atoms with Gasteiger partial charge in [0.15, 0.2) is 0 Å². The lowest BCUT2D eigenvalue weighted by atomic mass is 9.94. The molecule has 2 amide bonds. The maximum Gasteiger partial charge on any atom is 0.408 e. The normalized spacial score (nSPS) is 26.1. The molecule has 1 rings (SSSR count). The van der Waals surface area contributed by atoms with Gasteiger partial charge < -0.3 is 15.4 Å². The molecule has 1 aliphatic heterocycles. The van der Waals surface area contributed by atoms with Crippen molar-refractivity contribution in [1.82, 2.24) is 10.6 Å². The van der Waals surface area contributed by atoms with E-state index < -0.39 is 17.2 Å². The molecule has 5 heteroatoms. The van der Waals surface area contributed by atoms with Gasteiger partial charge in [0.1, 0.15) is 11.1 Å². The van der Waals surface area contributed by atoms with Crippen molar-refractivity contribution in [2.75, 3.05) is 6.54 Å². The van der Waals surface area contributed by atoms with E-state index in [-0.39, 0.29) is 5.91 Å². The van der Waals surface area contributed by atoms with E-state index in [4.69, 9.17) is 4.74 Å². The van der Waals surface area contributed by atoms with Crippen molar-refractivity contribution in [3.8, 4) is 0 Å². The van der Waals surface area contributed by atoms with Crippen molar-refractivity contribution in [2.24, 2.45) is 0 Å². The fourth-order valence-electron chi connectivity index (χ4n) is 1.06. The van der Waals surface area contributed by atoms with Crippen LogP contribution in [0.2, 0.25) is 0 Å². The summed E-state index contributed by atoms with van der Waals surface area (Å²) >= 11 is 0. The zero-order chi connectivity index (χ0) is 11.0. The van der Waals surface area contributed by atoms with Crippen LogP contribution < -0.4 is 10.6 Å². The lowest BCUT2D eigenvalue weighted by Gasteiger charge is -2.38. The average molecular weight is 200 g/mol. The first kappa shape index (κ1) is 10.8. The second-order valence-corrected chi connectivity index (χ2v) is 4.64. The van der Waals surface area contributed by atoms with Crippen LogP contribution >= 0.6 is 0 Å². The first-order valence-corrected chi connectivity index (χ1v) is 4.52. The minimum atomic E-state index is -0.803. The van der Waals surface area contributed by atoms with Crippen LogP contribution in [0.5, 0.6) is 0 Å². The minimum Gasteiger partial charge on any atom is -0.444 e. The quantitative estimate of drug-likeness (QED) is 0.602. The average Bonchev–Trinajstić information content (AvgIpc) is 1.98. The van der Waals surface area contributed by atoms with Crippen molar-refractivity contribution in [1.29, 1.82) is 0 Å². The van der Waals surface area contributed by atoms with Gasteiger partial charge >= 0.3 is 6.09 Å². The van der Waals surface area contributed by atoms with Crippen LogP contribution in [0.25, 0.3) is 0 Å². The van der Waals surface area contributed by atoms with Crippen LogP contribution in [0.4, 0.5) is 4.79 Å². The third-order valence-corrected chi connectivity index (χ3v) is 1.88. The maximum absolute atomic E-state index is 11.3. The number of β-lactam (4-membered cyclic amide) rings is 1. The molecule has 1 aliphatic rings. The van der Waals surface area contributed by atoms with E-state index in [0.717, 1.165) is 0 Å². The smallest absolute Gasteiger partial charge is 0.408 e. The first-order valence-electron chi connectivity index (χ1n) is 4.52. The highest BCUT2D eigenvalue weighted by atomic mass is 16.6. The van der Waals surface area contributed by atoms with E-state index in [9.17, 15) is 9.59 Å². The topological polar surface area (TPSA) is 67.4 Å². The second-order valence-electron chi connectivity index (χ2n) is 4.64. The summed E-state index contributed by atoms with van der Waals surface area (Å²) in [7, 11) is 0. The van der Waals surface area contributed by atoms with Gasteiger partial charge in [-0.1, -0.05) is 0 Å². The fraction of sp³-hybridized carbons (Fsp3) is 0.778. The highest BCUT2D eigenvalue weighted by Gasteiger charge is 2.43. The molecule has 2 N–H and O–H groups in total. The van der Waals surface area contributed by atoms with Gasteiger partial charge in [0.2, 0.25) is 5.91 Å². The van der Waals surface area contributed by atoms with Gasteiger partial charge in [-0.2, -0.15) is 0 Å². The summed E-state index contributed by atoms with van der Waals surface area (Å²) < 4.78 is 5.03. The molecule has 80 valence electrons. The van der Waals surface area contributed by atoms with E-state index in [1.165, 1.54) is 0 Å². The summed E-state index contributed by atoms with van der Waals surface area (Å²) in [6.07, 6.45) is -0.560. The molecule has 0 saturated carbocycles. The van der Waals surface area contributed by atoms with Crippen molar-refractivity contribution in [3.05, 3.63) is 0 Å². The molecule has 0 aromatic carbocycles. The zero-order valence-corrected chi connectivity index (χ0v) is 8.93. The lowest BCUT2D eigenvalue weighted by Crippen LogP contribution is -2.71. The molecule has 1 unspecified atom stereocenters. The summed E-state index contributed by atoms with van der Waals surface area (Å²) in [6.45, 7) is 7.43. The van der Waals surface area contributed by atoms with Gasteiger partial charge in [0.25, 0.3) is 0 Å². The molecule has 0 aromatic heterocycles. The summed E-state index contributed by atoms with van der Waals surface area (Å²) in [4.78, 5) is 22.4. The monoisotopic (exact) mass is 200 g/mol. The van der Waals surface area contributed by atoms with E-state index in [0.29, 0.717) is 6.54 Å². The molecule has 1 atom stereocenters. The molecular formula is C9H16N2O3. The summed E-state index contributed by atoms with van der Waals surface area (Å²) in [5, 5.41) is 5.08. The molecule has 0 aliphatic carbocycles. The molecule has 0 spiro atoms. The Morgan fingerprint density at radius 2 is 2.14 bits per heavy atom. The number of ether oxygens (including phenoxy) is 1. The van der Waals surface area contributed by atoms with Gasteiger partial charge in [-0.05, 0) is 27.7 Å². The highest BCUT2D eigenvalue weighted by Crippen LogP contribution is 2.13. The molecule has 0 bridgehead atoms. The molecule has 1 heterocycles. The Morgan fingerprint density at radius 3 is 2.43 bits per heavy atom. The molecule has 1 fully saturated rings. The van der Waals surface area contributed by atoms with Gasteiger partial charge in [-0.25, -0.2) is 4.79 Å².